The molecule has 1 aromatic carbocycles. The topological polar surface area (TPSA) is 83.6 Å². The first-order valence-electron chi connectivity index (χ1n) is 5.45. The Balaban J connectivity index is 3.02. The molecule has 3 N–H and O–H groups in total. The number of benzene rings is 1. The van der Waals surface area contributed by atoms with Gasteiger partial charge < -0.3 is 10.8 Å². The summed E-state index contributed by atoms with van der Waals surface area (Å²) in [6, 6.07) is 3.65. The number of hydrogen-bond donors (Lipinski definition) is 2. The largest absolute Gasteiger partial charge is 0.395 e. The third-order valence-electron chi connectivity index (χ3n) is 2.56. The maximum absolute atomic E-state index is 13.2. The lowest BCUT2D eigenvalue weighted by atomic mass is 10.3. The second kappa shape index (κ2) is 5.64. The normalized spacial score (nSPS) is 13.8. The van der Waals surface area contributed by atoms with Crippen LogP contribution in [0.1, 0.15) is 13.3 Å². The quantitative estimate of drug-likeness (QED) is 0.779. The third kappa shape index (κ3) is 3.18. The van der Waals surface area contributed by atoms with Crippen molar-refractivity contribution in [3.05, 3.63) is 24.0 Å². The predicted molar refractivity (Wildman–Crippen MR) is 66.9 cm³/mol. The molecule has 7 heteroatoms. The highest BCUT2D eigenvalue weighted by atomic mass is 32.2. The number of sulfonamides is 1. The molecular weight excluding hydrogens is 259 g/mol. The van der Waals surface area contributed by atoms with E-state index < -0.39 is 21.9 Å². The lowest BCUT2D eigenvalue weighted by Gasteiger charge is -2.19. The van der Waals surface area contributed by atoms with Gasteiger partial charge in [-0.1, -0.05) is 6.07 Å². The maximum Gasteiger partial charge on any atom is 0.244 e. The van der Waals surface area contributed by atoms with Gasteiger partial charge in [-0.25, -0.2) is 17.1 Å². The van der Waals surface area contributed by atoms with Crippen molar-refractivity contribution < 1.29 is 17.9 Å². The van der Waals surface area contributed by atoms with E-state index in [0.717, 1.165) is 10.4 Å². The van der Waals surface area contributed by atoms with Gasteiger partial charge >= 0.3 is 0 Å². The first kappa shape index (κ1) is 14.9. The molecule has 0 fully saturated rings. The van der Waals surface area contributed by atoms with Crippen LogP contribution in [0.5, 0.6) is 0 Å². The summed E-state index contributed by atoms with van der Waals surface area (Å²) in [7, 11) is -2.47. The minimum absolute atomic E-state index is 0.135. The number of halogens is 1. The molecule has 1 atom stereocenters. The van der Waals surface area contributed by atoms with Gasteiger partial charge in [0.25, 0.3) is 0 Å². The zero-order valence-electron chi connectivity index (χ0n) is 10.3. The van der Waals surface area contributed by atoms with Gasteiger partial charge in [0, 0.05) is 13.6 Å². The van der Waals surface area contributed by atoms with Crippen molar-refractivity contribution in [2.24, 2.45) is 0 Å². The molecule has 1 aromatic rings. The van der Waals surface area contributed by atoms with Crippen molar-refractivity contribution in [2.75, 3.05) is 19.3 Å². The molecule has 0 aliphatic rings. The van der Waals surface area contributed by atoms with E-state index in [9.17, 15) is 12.8 Å². The van der Waals surface area contributed by atoms with E-state index >= 15 is 0 Å². The van der Waals surface area contributed by atoms with Crippen molar-refractivity contribution in [1.29, 1.82) is 0 Å². The second-order valence-electron chi connectivity index (χ2n) is 4.12. The van der Waals surface area contributed by atoms with E-state index in [2.05, 4.69) is 0 Å². The van der Waals surface area contributed by atoms with Gasteiger partial charge in [0.2, 0.25) is 10.0 Å². The fourth-order valence-corrected chi connectivity index (χ4v) is 2.71. The summed E-state index contributed by atoms with van der Waals surface area (Å²) < 4.78 is 38.5. The molecule has 102 valence electrons. The molecule has 0 heterocycles. The summed E-state index contributed by atoms with van der Waals surface area (Å²) >= 11 is 0. The van der Waals surface area contributed by atoms with Crippen LogP contribution in [0.3, 0.4) is 0 Å². The molecule has 1 rings (SSSR count). The van der Waals surface area contributed by atoms with E-state index in [4.69, 9.17) is 10.8 Å². The molecule has 18 heavy (non-hydrogen) atoms. The highest BCUT2D eigenvalue weighted by Crippen LogP contribution is 2.23. The van der Waals surface area contributed by atoms with E-state index in [1.54, 1.807) is 6.92 Å². The number of aliphatic hydroxyl groups is 1. The first-order valence-corrected chi connectivity index (χ1v) is 6.89. The van der Waals surface area contributed by atoms with Gasteiger partial charge in [-0.05, 0) is 25.5 Å². The van der Waals surface area contributed by atoms with E-state index in [1.807, 2.05) is 0 Å². The monoisotopic (exact) mass is 276 g/mol. The van der Waals surface area contributed by atoms with Gasteiger partial charge in [0.15, 0.2) is 0 Å². The molecule has 0 amide bonds. The summed E-state index contributed by atoms with van der Waals surface area (Å²) in [5.74, 6) is -0.764. The van der Waals surface area contributed by atoms with Gasteiger partial charge in [-0.2, -0.15) is 0 Å². The Hall–Kier alpha value is -1.18. The van der Waals surface area contributed by atoms with Crippen LogP contribution in [0.15, 0.2) is 23.1 Å². The van der Waals surface area contributed by atoms with Gasteiger partial charge in [-0.15, -0.1) is 0 Å². The molecule has 0 aliphatic carbocycles. The lowest BCUT2D eigenvalue weighted by Crippen LogP contribution is -2.30. The molecule has 0 saturated carbocycles. The Bertz CT molecular complexity index is 517. The highest BCUT2D eigenvalue weighted by molar-refractivity contribution is 7.89. The summed E-state index contributed by atoms with van der Waals surface area (Å²) in [4.78, 5) is -0.254. The minimum atomic E-state index is -3.83. The molecule has 0 bridgehead atoms. The van der Waals surface area contributed by atoms with Gasteiger partial charge in [0.05, 0.1) is 11.8 Å². The standard InChI is InChI=1S/C11H17FN2O3S/c1-8(15)6-7-14(2)18(16,17)10-5-3-4-9(12)11(10)13/h3-5,8,15H,6-7,13H2,1-2H3. The third-order valence-corrected chi connectivity index (χ3v) is 4.48. The highest BCUT2D eigenvalue weighted by Gasteiger charge is 2.24. The molecule has 0 saturated heterocycles. The van der Waals surface area contributed by atoms with Crippen LogP contribution in [-0.2, 0) is 10.0 Å². The van der Waals surface area contributed by atoms with E-state index in [1.165, 1.54) is 19.2 Å². The molecule has 0 spiro atoms. The summed E-state index contributed by atoms with van der Waals surface area (Å²) in [6.07, 6.45) is -0.308. The number of para-hydroxylation sites is 1. The maximum atomic E-state index is 13.2. The first-order chi connectivity index (χ1) is 8.26. The van der Waals surface area contributed by atoms with Crippen molar-refractivity contribution in [3.8, 4) is 0 Å². The molecular formula is C11H17FN2O3S. The number of aliphatic hydroxyl groups excluding tert-OH is 1. The Morgan fingerprint density at radius 3 is 2.67 bits per heavy atom. The Kier molecular flexibility index (Phi) is 4.66. The van der Waals surface area contributed by atoms with Crippen molar-refractivity contribution in [3.63, 3.8) is 0 Å². The predicted octanol–water partition coefficient (Wildman–Crippen LogP) is 0.799. The molecule has 1 unspecified atom stereocenters. The number of rotatable bonds is 5. The molecule has 0 radical (unpaired) electrons. The van der Waals surface area contributed by atoms with E-state index in [0.29, 0.717) is 6.42 Å². The number of nitrogen functional groups attached to an aromatic ring is 1. The number of nitrogens with zero attached hydrogens (tertiary/aromatic N) is 1. The van der Waals surface area contributed by atoms with Crippen LogP contribution < -0.4 is 5.73 Å². The van der Waals surface area contributed by atoms with Crippen LogP contribution in [0, 0.1) is 5.82 Å². The molecule has 5 nitrogen and oxygen atoms in total. The second-order valence-corrected chi connectivity index (χ2v) is 6.13. The fraction of sp³-hybridized carbons (Fsp3) is 0.455. The van der Waals surface area contributed by atoms with Crippen molar-refractivity contribution in [2.45, 2.75) is 24.3 Å². The minimum Gasteiger partial charge on any atom is -0.395 e. The zero-order chi connectivity index (χ0) is 13.9. The van der Waals surface area contributed by atoms with Crippen LogP contribution >= 0.6 is 0 Å². The van der Waals surface area contributed by atoms with Crippen LogP contribution in [-0.4, -0.2) is 37.5 Å². The van der Waals surface area contributed by atoms with Gasteiger partial charge in [0.1, 0.15) is 10.7 Å². The molecule has 0 aromatic heterocycles. The van der Waals surface area contributed by atoms with Gasteiger partial charge in [-0.3, -0.25) is 0 Å². The number of nitrogens with two attached hydrogens (primary N) is 1. The Labute approximate surface area is 106 Å². The smallest absolute Gasteiger partial charge is 0.244 e. The fourth-order valence-electron chi connectivity index (χ4n) is 1.40. The molecule has 0 aliphatic heterocycles. The average molecular weight is 276 g/mol. The number of anilines is 1. The van der Waals surface area contributed by atoms with Crippen LogP contribution in [0.2, 0.25) is 0 Å². The summed E-state index contributed by atoms with van der Waals surface area (Å²) in [5, 5.41) is 9.13. The Morgan fingerprint density at radius 2 is 2.11 bits per heavy atom. The average Bonchev–Trinajstić information content (AvgIpc) is 2.29. The summed E-state index contributed by atoms with van der Waals surface area (Å²) in [5.41, 5.74) is 5.04. The van der Waals surface area contributed by atoms with E-state index in [-0.39, 0.29) is 17.1 Å². The van der Waals surface area contributed by atoms with Crippen molar-refractivity contribution in [1.82, 2.24) is 4.31 Å². The van der Waals surface area contributed by atoms with Crippen molar-refractivity contribution >= 4 is 15.7 Å². The zero-order valence-corrected chi connectivity index (χ0v) is 11.1. The Morgan fingerprint density at radius 1 is 1.50 bits per heavy atom. The summed E-state index contributed by atoms with van der Waals surface area (Å²) in [6.45, 7) is 1.70. The lowest BCUT2D eigenvalue weighted by molar-refractivity contribution is 0.177. The van der Waals surface area contributed by atoms with Crippen LogP contribution in [0.4, 0.5) is 10.1 Å². The number of hydrogen-bond acceptors (Lipinski definition) is 4. The van der Waals surface area contributed by atoms with Crippen LogP contribution in [0.25, 0.3) is 0 Å². The SMILES string of the molecule is CC(O)CCN(C)S(=O)(=O)c1cccc(F)c1N.